The van der Waals surface area contributed by atoms with Crippen LogP contribution in [0.25, 0.3) is 0 Å². The lowest BCUT2D eigenvalue weighted by atomic mass is 10.2. The fourth-order valence-corrected chi connectivity index (χ4v) is 1.41. The number of hydrogen-bond acceptors (Lipinski definition) is 4. The Kier molecular flexibility index (Phi) is 2.36. The quantitative estimate of drug-likeness (QED) is 0.532. The van der Waals surface area contributed by atoms with Crippen molar-refractivity contribution in [3.8, 4) is 0 Å². The normalized spacial score (nSPS) is 27.7. The van der Waals surface area contributed by atoms with Gasteiger partial charge in [0, 0.05) is 24.8 Å². The number of aliphatic imine (C=N–C) groups is 1. The van der Waals surface area contributed by atoms with Crippen LogP contribution in [-0.2, 0) is 0 Å². The van der Waals surface area contributed by atoms with Crippen LogP contribution in [0.1, 0.15) is 0 Å². The van der Waals surface area contributed by atoms with E-state index in [4.69, 9.17) is 10.8 Å². The van der Waals surface area contributed by atoms with Gasteiger partial charge in [-0.1, -0.05) is 11.8 Å². The Hall–Kier alpha value is -0.220. The molecule has 1 aliphatic rings. The Balaban J connectivity index is 2.36. The lowest BCUT2D eigenvalue weighted by molar-refractivity contribution is 0.244. The van der Waals surface area contributed by atoms with Crippen molar-refractivity contribution in [2.24, 2.45) is 16.6 Å². The van der Waals surface area contributed by atoms with Crippen molar-refractivity contribution in [1.29, 1.82) is 0 Å². The summed E-state index contributed by atoms with van der Waals surface area (Å²) < 4.78 is 0. The summed E-state index contributed by atoms with van der Waals surface area (Å²) in [6, 6.07) is 0. The van der Waals surface area contributed by atoms with Crippen LogP contribution in [0.15, 0.2) is 4.99 Å². The van der Waals surface area contributed by atoms with Gasteiger partial charge in [-0.05, 0) is 0 Å². The van der Waals surface area contributed by atoms with Crippen LogP contribution >= 0.6 is 11.8 Å². The summed E-state index contributed by atoms with van der Waals surface area (Å²) in [5, 5.41) is 9.31. The molecule has 0 aliphatic carbocycles. The molecule has 0 aromatic heterocycles. The molecule has 1 unspecified atom stereocenters. The van der Waals surface area contributed by atoms with Gasteiger partial charge in [0.1, 0.15) is 0 Å². The Morgan fingerprint density at radius 1 is 1.89 bits per heavy atom. The molecule has 1 rings (SSSR count). The maximum Gasteiger partial charge on any atom is 0.153 e. The molecule has 0 radical (unpaired) electrons. The Bertz CT molecular complexity index is 126. The second-order valence-corrected chi connectivity index (χ2v) is 3.08. The van der Waals surface area contributed by atoms with E-state index >= 15 is 0 Å². The number of nitrogens with zero attached hydrogens (tertiary/aromatic N) is 1. The van der Waals surface area contributed by atoms with Gasteiger partial charge in [-0.3, -0.25) is 4.99 Å². The lowest BCUT2D eigenvalue weighted by Crippen LogP contribution is -2.23. The van der Waals surface area contributed by atoms with E-state index in [1.807, 2.05) is 0 Å². The molecule has 1 heterocycles. The Labute approximate surface area is 58.3 Å². The average Bonchev–Trinajstić information content (AvgIpc) is 1.90. The predicted molar refractivity (Wildman–Crippen MR) is 39.5 cm³/mol. The van der Waals surface area contributed by atoms with Crippen LogP contribution in [0.5, 0.6) is 0 Å². The van der Waals surface area contributed by atoms with Gasteiger partial charge < -0.3 is 10.8 Å². The Morgan fingerprint density at radius 3 is 3.11 bits per heavy atom. The third kappa shape index (κ3) is 1.87. The predicted octanol–water partition coefficient (Wildman–Crippen LogP) is -0.344. The molecule has 0 bridgehead atoms. The highest BCUT2D eigenvalue weighted by Gasteiger charge is 2.12. The Morgan fingerprint density at radius 2 is 2.67 bits per heavy atom. The molecular formula is C5H10N2OS. The monoisotopic (exact) mass is 146 g/mol. The zero-order chi connectivity index (χ0) is 6.69. The molecule has 52 valence electrons. The average molecular weight is 146 g/mol. The highest BCUT2D eigenvalue weighted by molar-refractivity contribution is 8.13. The number of thioether (sulfide) groups is 1. The van der Waals surface area contributed by atoms with Gasteiger partial charge in [0.2, 0.25) is 0 Å². The fraction of sp³-hybridized carbons (Fsp3) is 0.800. The van der Waals surface area contributed by atoms with Gasteiger partial charge in [0.15, 0.2) is 5.17 Å². The van der Waals surface area contributed by atoms with Gasteiger partial charge in [-0.25, -0.2) is 0 Å². The molecule has 0 saturated carbocycles. The largest absolute Gasteiger partial charge is 0.396 e. The van der Waals surface area contributed by atoms with Crippen molar-refractivity contribution in [2.45, 2.75) is 0 Å². The number of hydrogen-bond donors (Lipinski definition) is 2. The van der Waals surface area contributed by atoms with Gasteiger partial charge in [0.05, 0.1) is 0 Å². The molecule has 0 amide bonds. The number of nitrogens with two attached hydrogens (primary N) is 1. The van der Waals surface area contributed by atoms with Crippen LogP contribution in [0.4, 0.5) is 0 Å². The van der Waals surface area contributed by atoms with Crippen molar-refractivity contribution in [3.05, 3.63) is 0 Å². The smallest absolute Gasteiger partial charge is 0.153 e. The molecule has 1 aliphatic heterocycles. The van der Waals surface area contributed by atoms with Gasteiger partial charge in [-0.15, -0.1) is 0 Å². The maximum atomic E-state index is 8.65. The number of amidine groups is 1. The number of aliphatic hydroxyl groups is 1. The van der Waals surface area contributed by atoms with E-state index in [1.165, 1.54) is 11.8 Å². The van der Waals surface area contributed by atoms with E-state index in [9.17, 15) is 0 Å². The van der Waals surface area contributed by atoms with E-state index in [0.29, 0.717) is 17.6 Å². The van der Waals surface area contributed by atoms with Crippen molar-refractivity contribution in [3.63, 3.8) is 0 Å². The molecule has 0 saturated heterocycles. The first kappa shape index (κ1) is 6.89. The van der Waals surface area contributed by atoms with Gasteiger partial charge in [-0.2, -0.15) is 0 Å². The molecular weight excluding hydrogens is 136 g/mol. The van der Waals surface area contributed by atoms with Crippen molar-refractivity contribution < 1.29 is 5.11 Å². The molecule has 3 nitrogen and oxygen atoms in total. The van der Waals surface area contributed by atoms with Crippen LogP contribution in [0.3, 0.4) is 0 Å². The van der Waals surface area contributed by atoms with Crippen LogP contribution < -0.4 is 5.73 Å². The van der Waals surface area contributed by atoms with Crippen molar-refractivity contribution >= 4 is 16.9 Å². The summed E-state index contributed by atoms with van der Waals surface area (Å²) in [5.41, 5.74) is 5.38. The summed E-state index contributed by atoms with van der Waals surface area (Å²) in [6.07, 6.45) is 0. The second kappa shape index (κ2) is 3.08. The minimum Gasteiger partial charge on any atom is -0.396 e. The summed E-state index contributed by atoms with van der Waals surface area (Å²) in [7, 11) is 0. The van der Waals surface area contributed by atoms with E-state index in [-0.39, 0.29) is 6.61 Å². The number of aliphatic hydroxyl groups excluding tert-OH is 1. The molecule has 0 aromatic rings. The summed E-state index contributed by atoms with van der Waals surface area (Å²) in [6.45, 7) is 0.916. The van der Waals surface area contributed by atoms with E-state index in [1.54, 1.807) is 0 Å². The first-order valence-electron chi connectivity index (χ1n) is 2.86. The first-order chi connectivity index (χ1) is 4.33. The lowest BCUT2D eigenvalue weighted by Gasteiger charge is -2.15. The third-order valence-electron chi connectivity index (χ3n) is 1.23. The molecule has 0 fully saturated rings. The molecule has 3 N–H and O–H groups in total. The second-order valence-electron chi connectivity index (χ2n) is 2.04. The maximum absolute atomic E-state index is 8.65. The van der Waals surface area contributed by atoms with E-state index < -0.39 is 0 Å². The van der Waals surface area contributed by atoms with E-state index in [0.717, 1.165) is 5.75 Å². The summed E-state index contributed by atoms with van der Waals surface area (Å²) >= 11 is 1.52. The van der Waals surface area contributed by atoms with Gasteiger partial charge in [0.25, 0.3) is 0 Å². The first-order valence-corrected chi connectivity index (χ1v) is 3.85. The zero-order valence-electron chi connectivity index (χ0n) is 5.08. The van der Waals surface area contributed by atoms with Crippen LogP contribution in [0.2, 0.25) is 0 Å². The molecule has 0 spiro atoms. The number of rotatable bonds is 1. The molecule has 4 heteroatoms. The highest BCUT2D eigenvalue weighted by atomic mass is 32.2. The van der Waals surface area contributed by atoms with Crippen LogP contribution in [-0.4, -0.2) is 29.2 Å². The third-order valence-corrected chi connectivity index (χ3v) is 2.29. The summed E-state index contributed by atoms with van der Waals surface area (Å²) in [4.78, 5) is 3.98. The topological polar surface area (TPSA) is 58.6 Å². The SMILES string of the molecule is NC1=NCC(CO)CS1. The summed E-state index contributed by atoms with van der Waals surface area (Å²) in [5.74, 6) is 1.23. The van der Waals surface area contributed by atoms with Crippen molar-refractivity contribution in [2.75, 3.05) is 18.9 Å². The molecule has 9 heavy (non-hydrogen) atoms. The minimum atomic E-state index is 0.226. The van der Waals surface area contributed by atoms with Crippen molar-refractivity contribution in [1.82, 2.24) is 0 Å². The fourth-order valence-electron chi connectivity index (χ4n) is 0.631. The molecule has 0 aromatic carbocycles. The van der Waals surface area contributed by atoms with Gasteiger partial charge >= 0.3 is 0 Å². The molecule has 1 atom stereocenters. The minimum absolute atomic E-state index is 0.226. The van der Waals surface area contributed by atoms with E-state index in [2.05, 4.69) is 4.99 Å². The highest BCUT2D eigenvalue weighted by Crippen LogP contribution is 2.13. The zero-order valence-corrected chi connectivity index (χ0v) is 5.90. The van der Waals surface area contributed by atoms with Crippen LogP contribution in [0, 0.1) is 5.92 Å². The standard InChI is InChI=1S/C5H10N2OS/c6-5-7-1-4(2-8)3-9-5/h4,8H,1-3H2,(H2,6,7).